The van der Waals surface area contributed by atoms with Crippen LogP contribution in [0.3, 0.4) is 0 Å². The van der Waals surface area contributed by atoms with Crippen LogP contribution < -0.4 is 21.1 Å². The van der Waals surface area contributed by atoms with Gasteiger partial charge in [0.15, 0.2) is 5.65 Å². The number of benzene rings is 1. The number of methoxy groups -OCH3 is 1. The Hall–Kier alpha value is -4.27. The number of rotatable bonds is 8. The van der Waals surface area contributed by atoms with Gasteiger partial charge in [-0.2, -0.15) is 0 Å². The summed E-state index contributed by atoms with van der Waals surface area (Å²) in [6.07, 6.45) is 6.90. The van der Waals surface area contributed by atoms with Crippen LogP contribution in [0.1, 0.15) is 11.3 Å². The number of hydrogen-bond donors (Lipinski definition) is 2. The fourth-order valence-corrected chi connectivity index (χ4v) is 3.50. The highest BCUT2D eigenvalue weighted by molar-refractivity contribution is 5.75. The van der Waals surface area contributed by atoms with Crippen LogP contribution in [-0.4, -0.2) is 30.8 Å². The van der Waals surface area contributed by atoms with Crippen molar-refractivity contribution in [3.8, 4) is 5.88 Å². The molecule has 32 heavy (non-hydrogen) atoms. The van der Waals surface area contributed by atoms with Crippen molar-refractivity contribution < 1.29 is 4.74 Å². The standard InChI is InChI=1S/C23H25N7O2/c1-6-15(2)25-18-9-7-8-17(10-18)12-29-14-19(21-24-11-16(3)30(21)23(29)31)26-20-13-28(4)27-22(20)32-5/h6-11,13-14,25-26H,1-2,12H2,3-5H3. The summed E-state index contributed by atoms with van der Waals surface area (Å²) in [7, 11) is 3.37. The molecule has 0 amide bonds. The first-order valence-electron chi connectivity index (χ1n) is 9.99. The number of anilines is 3. The monoisotopic (exact) mass is 431 g/mol. The number of hydrogen-bond acceptors (Lipinski definition) is 6. The first-order valence-corrected chi connectivity index (χ1v) is 9.99. The summed E-state index contributed by atoms with van der Waals surface area (Å²) in [6.45, 7) is 9.82. The summed E-state index contributed by atoms with van der Waals surface area (Å²) in [6, 6.07) is 7.81. The molecule has 0 saturated heterocycles. The Labute approximate surface area is 185 Å². The van der Waals surface area contributed by atoms with E-state index in [0.29, 0.717) is 35.1 Å². The van der Waals surface area contributed by atoms with Crippen LogP contribution in [0.25, 0.3) is 5.65 Å². The number of aromatic nitrogens is 5. The highest BCUT2D eigenvalue weighted by atomic mass is 16.5. The highest BCUT2D eigenvalue weighted by Gasteiger charge is 2.16. The summed E-state index contributed by atoms with van der Waals surface area (Å²) in [5.74, 6) is 0.452. The molecule has 0 aliphatic rings. The molecule has 0 aliphatic carbocycles. The average molecular weight is 432 g/mol. The van der Waals surface area contributed by atoms with Crippen molar-refractivity contribution in [1.82, 2.24) is 23.7 Å². The van der Waals surface area contributed by atoms with E-state index in [0.717, 1.165) is 16.9 Å². The van der Waals surface area contributed by atoms with Crippen molar-refractivity contribution in [2.75, 3.05) is 17.7 Å². The average Bonchev–Trinajstić information content (AvgIpc) is 3.33. The van der Waals surface area contributed by atoms with Gasteiger partial charge in [-0.15, -0.1) is 5.10 Å². The fraction of sp³-hybridized carbons (Fsp3) is 0.174. The largest absolute Gasteiger partial charge is 0.478 e. The summed E-state index contributed by atoms with van der Waals surface area (Å²) >= 11 is 0. The lowest BCUT2D eigenvalue weighted by molar-refractivity contribution is 0.393. The molecular formula is C23H25N7O2. The van der Waals surface area contributed by atoms with Crippen LogP contribution in [0.4, 0.5) is 17.1 Å². The van der Waals surface area contributed by atoms with E-state index in [-0.39, 0.29) is 5.69 Å². The van der Waals surface area contributed by atoms with Gasteiger partial charge >= 0.3 is 5.69 Å². The lowest BCUT2D eigenvalue weighted by Crippen LogP contribution is -2.28. The molecule has 4 aromatic rings. The number of nitrogens with one attached hydrogen (secondary N) is 2. The van der Waals surface area contributed by atoms with Gasteiger partial charge in [-0.3, -0.25) is 9.25 Å². The lowest BCUT2D eigenvalue weighted by atomic mass is 10.2. The Bertz CT molecular complexity index is 1380. The van der Waals surface area contributed by atoms with E-state index in [1.54, 1.807) is 39.2 Å². The van der Waals surface area contributed by atoms with Gasteiger partial charge in [-0.1, -0.05) is 25.3 Å². The Balaban J connectivity index is 1.75. The molecule has 2 N–H and O–H groups in total. The minimum atomic E-state index is -0.174. The smallest absolute Gasteiger partial charge is 0.334 e. The molecule has 1 aromatic carbocycles. The second-order valence-electron chi connectivity index (χ2n) is 7.42. The summed E-state index contributed by atoms with van der Waals surface area (Å²) in [4.78, 5) is 17.7. The Morgan fingerprint density at radius 1 is 1.28 bits per heavy atom. The Morgan fingerprint density at radius 2 is 2.09 bits per heavy atom. The maximum absolute atomic E-state index is 13.2. The normalized spacial score (nSPS) is 10.8. The number of imidazole rings is 1. The molecule has 0 bridgehead atoms. The van der Waals surface area contributed by atoms with Gasteiger partial charge in [-0.25, -0.2) is 14.2 Å². The molecular weight excluding hydrogens is 406 g/mol. The molecule has 0 atom stereocenters. The van der Waals surface area contributed by atoms with Crippen molar-refractivity contribution in [1.29, 1.82) is 0 Å². The van der Waals surface area contributed by atoms with Gasteiger partial charge in [0.1, 0.15) is 5.69 Å². The molecule has 164 valence electrons. The number of fused-ring (bicyclic) bond motifs is 1. The van der Waals surface area contributed by atoms with Crippen LogP contribution in [0.15, 0.2) is 72.6 Å². The first kappa shape index (κ1) is 21.0. The second kappa shape index (κ2) is 8.46. The Kier molecular flexibility index (Phi) is 5.55. The molecule has 3 heterocycles. The summed E-state index contributed by atoms with van der Waals surface area (Å²) in [5.41, 5.74) is 4.98. The predicted molar refractivity (Wildman–Crippen MR) is 126 cm³/mol. The SMILES string of the molecule is C=CC(=C)Nc1cccc(Cn2cc(Nc3cn(C)nc3OC)c3ncc(C)n3c2=O)c1. The van der Waals surface area contributed by atoms with Crippen molar-refractivity contribution in [2.24, 2.45) is 7.05 Å². The summed E-state index contributed by atoms with van der Waals surface area (Å²) in [5, 5.41) is 10.8. The van der Waals surface area contributed by atoms with Crippen molar-refractivity contribution >= 4 is 22.7 Å². The first-order chi connectivity index (χ1) is 15.4. The number of nitrogens with zero attached hydrogens (tertiary/aromatic N) is 5. The fourth-order valence-electron chi connectivity index (χ4n) is 3.50. The van der Waals surface area contributed by atoms with Crippen molar-refractivity contribution in [2.45, 2.75) is 13.5 Å². The minimum absolute atomic E-state index is 0.174. The molecule has 0 spiro atoms. The van der Waals surface area contributed by atoms with Gasteiger partial charge in [0.2, 0.25) is 0 Å². The highest BCUT2D eigenvalue weighted by Crippen LogP contribution is 2.27. The molecule has 0 radical (unpaired) electrons. The van der Waals surface area contributed by atoms with Crippen LogP contribution in [0.5, 0.6) is 5.88 Å². The molecule has 0 aliphatic heterocycles. The third-order valence-corrected chi connectivity index (χ3v) is 4.99. The van der Waals surface area contributed by atoms with Crippen LogP contribution in [0.2, 0.25) is 0 Å². The van der Waals surface area contributed by atoms with Crippen molar-refractivity contribution in [3.05, 3.63) is 89.5 Å². The third-order valence-electron chi connectivity index (χ3n) is 4.99. The molecule has 3 aromatic heterocycles. The molecule has 0 saturated carbocycles. The number of aryl methyl sites for hydroxylation is 2. The van der Waals surface area contributed by atoms with Gasteiger partial charge < -0.3 is 15.4 Å². The van der Waals surface area contributed by atoms with Gasteiger partial charge in [0.25, 0.3) is 5.88 Å². The van der Waals surface area contributed by atoms with Crippen LogP contribution >= 0.6 is 0 Å². The molecule has 4 rings (SSSR count). The van der Waals surface area contributed by atoms with Crippen LogP contribution in [0, 0.1) is 6.92 Å². The zero-order chi connectivity index (χ0) is 22.8. The molecule has 9 nitrogen and oxygen atoms in total. The van der Waals surface area contributed by atoms with E-state index in [2.05, 4.69) is 33.9 Å². The third kappa shape index (κ3) is 4.00. The molecule has 0 unspecified atom stereocenters. The molecule has 9 heteroatoms. The van der Waals surface area contributed by atoms with Crippen molar-refractivity contribution in [3.63, 3.8) is 0 Å². The van der Waals surface area contributed by atoms with Gasteiger partial charge in [0.05, 0.1) is 25.5 Å². The molecule has 0 fully saturated rings. The topological polar surface area (TPSA) is 90.4 Å². The minimum Gasteiger partial charge on any atom is -0.478 e. The van der Waals surface area contributed by atoms with E-state index >= 15 is 0 Å². The quantitative estimate of drug-likeness (QED) is 0.415. The van der Waals surface area contributed by atoms with Gasteiger partial charge in [-0.05, 0) is 30.7 Å². The zero-order valence-corrected chi connectivity index (χ0v) is 18.3. The number of allylic oxidation sites excluding steroid dienone is 1. The zero-order valence-electron chi connectivity index (χ0n) is 18.3. The lowest BCUT2D eigenvalue weighted by Gasteiger charge is -2.13. The number of ether oxygens (including phenoxy) is 1. The van der Waals surface area contributed by atoms with E-state index in [1.165, 1.54) is 0 Å². The second-order valence-corrected chi connectivity index (χ2v) is 7.42. The van der Waals surface area contributed by atoms with E-state index in [4.69, 9.17) is 4.74 Å². The maximum Gasteiger partial charge on any atom is 0.334 e. The predicted octanol–water partition coefficient (Wildman–Crippen LogP) is 3.45. The van der Waals surface area contributed by atoms with E-state index in [1.807, 2.05) is 44.4 Å². The van der Waals surface area contributed by atoms with Crippen LogP contribution in [-0.2, 0) is 13.6 Å². The summed E-state index contributed by atoms with van der Waals surface area (Å²) < 4.78 is 10.2. The van der Waals surface area contributed by atoms with E-state index < -0.39 is 0 Å². The van der Waals surface area contributed by atoms with Gasteiger partial charge in [0, 0.05) is 36.5 Å². The Morgan fingerprint density at radius 3 is 2.84 bits per heavy atom. The van der Waals surface area contributed by atoms with E-state index in [9.17, 15) is 4.79 Å². The maximum atomic E-state index is 13.2.